The molecule has 0 rings (SSSR count). The van der Waals surface area contributed by atoms with Crippen LogP contribution in [0.25, 0.3) is 0 Å². The Bertz CT molecular complexity index is 234. The molecule has 17 heavy (non-hydrogen) atoms. The van der Waals surface area contributed by atoms with Crippen LogP contribution >= 0.6 is 23.2 Å². The van der Waals surface area contributed by atoms with Gasteiger partial charge in [0, 0.05) is 0 Å². The summed E-state index contributed by atoms with van der Waals surface area (Å²) in [6, 6.07) is 0. The summed E-state index contributed by atoms with van der Waals surface area (Å²) in [4.78, 5) is 0. The molecule has 0 amide bonds. The zero-order valence-electron chi connectivity index (χ0n) is 7.25. The van der Waals surface area contributed by atoms with Gasteiger partial charge in [0.15, 0.2) is 0 Å². The third-order valence-corrected chi connectivity index (χ3v) is 1.50. The number of alkyl halides is 10. The van der Waals surface area contributed by atoms with Gasteiger partial charge in [-0.3, -0.25) is 0 Å². The molecule has 0 aromatic rings. The molecule has 104 valence electrons. The topological polar surface area (TPSA) is 18.5 Å². The third kappa shape index (κ3) is 5.40. The standard InChI is InChI=1S/C5H2Cl2F8O2/c6-3(12,1(8)9)16-5(14,15)17-4(7,13)2(10)11/h1-2H. The van der Waals surface area contributed by atoms with Crippen molar-refractivity contribution in [1.29, 1.82) is 0 Å². The summed E-state index contributed by atoms with van der Waals surface area (Å²) in [7, 11) is 0. The van der Waals surface area contributed by atoms with Crippen molar-refractivity contribution >= 4 is 23.2 Å². The second-order valence-corrected chi connectivity index (χ2v) is 3.42. The average molecular weight is 317 g/mol. The summed E-state index contributed by atoms with van der Waals surface area (Å²) in [6.07, 6.45) is -14.1. The maximum atomic E-state index is 12.4. The monoisotopic (exact) mass is 316 g/mol. The van der Waals surface area contributed by atoms with E-state index in [1.807, 2.05) is 0 Å². The van der Waals surface area contributed by atoms with Crippen LogP contribution in [0.1, 0.15) is 0 Å². The number of ether oxygens (including phenoxy) is 2. The molecule has 0 N–H and O–H groups in total. The highest BCUT2D eigenvalue weighted by Gasteiger charge is 2.56. The minimum atomic E-state index is -5.54. The molecule has 2 nitrogen and oxygen atoms in total. The van der Waals surface area contributed by atoms with Crippen molar-refractivity contribution in [3.63, 3.8) is 0 Å². The molecule has 2 unspecified atom stereocenters. The van der Waals surface area contributed by atoms with Gasteiger partial charge < -0.3 is 0 Å². The van der Waals surface area contributed by atoms with Crippen LogP contribution in [0.4, 0.5) is 35.1 Å². The van der Waals surface area contributed by atoms with Gasteiger partial charge in [-0.2, -0.15) is 8.78 Å². The van der Waals surface area contributed by atoms with Gasteiger partial charge in [-0.05, 0) is 23.2 Å². The van der Waals surface area contributed by atoms with Crippen molar-refractivity contribution in [1.82, 2.24) is 0 Å². The summed E-state index contributed by atoms with van der Waals surface area (Å²) in [5, 5.41) is -9.53. The van der Waals surface area contributed by atoms with Crippen LogP contribution < -0.4 is 0 Å². The SMILES string of the molecule is FC(F)C(F)(Cl)OC(F)(F)OC(F)(Cl)C(F)F. The van der Waals surface area contributed by atoms with E-state index in [1.54, 1.807) is 0 Å². The van der Waals surface area contributed by atoms with E-state index >= 15 is 0 Å². The Balaban J connectivity index is 4.71. The van der Waals surface area contributed by atoms with E-state index in [0.717, 1.165) is 0 Å². The molecular weight excluding hydrogens is 315 g/mol. The first-order valence-electron chi connectivity index (χ1n) is 3.40. The zero-order valence-corrected chi connectivity index (χ0v) is 8.76. The number of rotatable bonds is 6. The lowest BCUT2D eigenvalue weighted by Gasteiger charge is -2.27. The molecule has 0 aromatic carbocycles. The first-order chi connectivity index (χ1) is 7.30. The van der Waals surface area contributed by atoms with E-state index in [2.05, 4.69) is 32.7 Å². The molecule has 0 aromatic heterocycles. The molecule has 2 atom stereocenters. The third-order valence-electron chi connectivity index (χ3n) is 1.02. The van der Waals surface area contributed by atoms with Crippen molar-refractivity contribution in [3.8, 4) is 0 Å². The Labute approximate surface area is 98.4 Å². The molecular formula is C5H2Cl2F8O2. The summed E-state index contributed by atoms with van der Waals surface area (Å²) in [5.41, 5.74) is 0. The molecule has 0 radical (unpaired) electrons. The van der Waals surface area contributed by atoms with Crippen LogP contribution in [-0.4, -0.2) is 29.8 Å². The van der Waals surface area contributed by atoms with Crippen molar-refractivity contribution < 1.29 is 44.6 Å². The predicted molar refractivity (Wildman–Crippen MR) is 38.5 cm³/mol. The van der Waals surface area contributed by atoms with Crippen LogP contribution in [0.15, 0.2) is 0 Å². The Morgan fingerprint density at radius 2 is 0.941 bits per heavy atom. The van der Waals surface area contributed by atoms with Gasteiger partial charge >= 0.3 is 29.8 Å². The minimum absolute atomic E-state index is 2.51. The van der Waals surface area contributed by atoms with E-state index in [4.69, 9.17) is 0 Å². The maximum absolute atomic E-state index is 12.4. The zero-order chi connectivity index (χ0) is 14.1. The van der Waals surface area contributed by atoms with Crippen LogP contribution in [0.3, 0.4) is 0 Å². The molecule has 0 aliphatic rings. The molecule has 0 saturated heterocycles. The Hall–Kier alpha value is -0.0600. The second kappa shape index (κ2) is 5.29. The Kier molecular flexibility index (Phi) is 5.27. The molecule has 0 fully saturated rings. The van der Waals surface area contributed by atoms with E-state index in [9.17, 15) is 35.1 Å². The first-order valence-corrected chi connectivity index (χ1v) is 4.16. The van der Waals surface area contributed by atoms with E-state index in [-0.39, 0.29) is 0 Å². The van der Waals surface area contributed by atoms with Gasteiger partial charge in [0.1, 0.15) is 0 Å². The lowest BCUT2D eigenvalue weighted by atomic mass is 10.7. The Morgan fingerprint density at radius 3 is 1.12 bits per heavy atom. The van der Waals surface area contributed by atoms with Crippen LogP contribution in [0, 0.1) is 0 Å². The molecule has 0 saturated carbocycles. The van der Waals surface area contributed by atoms with Crippen molar-refractivity contribution in [2.24, 2.45) is 0 Å². The van der Waals surface area contributed by atoms with E-state index in [1.165, 1.54) is 0 Å². The molecule has 0 bridgehead atoms. The quantitative estimate of drug-likeness (QED) is 0.421. The normalized spacial score (nSPS) is 20.5. The smallest absolute Gasteiger partial charge is 0.239 e. The molecule has 0 aliphatic heterocycles. The van der Waals surface area contributed by atoms with Crippen molar-refractivity contribution in [2.45, 2.75) is 29.8 Å². The molecule has 12 heteroatoms. The lowest BCUT2D eigenvalue weighted by Crippen LogP contribution is -2.44. The number of hydrogen-bond donors (Lipinski definition) is 0. The van der Waals surface area contributed by atoms with Gasteiger partial charge in [0.25, 0.3) is 0 Å². The Morgan fingerprint density at radius 1 is 0.706 bits per heavy atom. The van der Waals surface area contributed by atoms with Crippen LogP contribution in [-0.2, 0) is 9.47 Å². The van der Waals surface area contributed by atoms with Crippen molar-refractivity contribution in [3.05, 3.63) is 0 Å². The molecule has 0 spiro atoms. The number of hydrogen-bond acceptors (Lipinski definition) is 2. The van der Waals surface area contributed by atoms with Crippen LogP contribution in [0.2, 0.25) is 0 Å². The molecule has 0 aliphatic carbocycles. The van der Waals surface area contributed by atoms with Gasteiger partial charge in [0.2, 0.25) is 0 Å². The van der Waals surface area contributed by atoms with Gasteiger partial charge in [0.05, 0.1) is 0 Å². The van der Waals surface area contributed by atoms with Crippen molar-refractivity contribution in [2.75, 3.05) is 0 Å². The maximum Gasteiger partial charge on any atom is 0.493 e. The summed E-state index contributed by atoms with van der Waals surface area (Å²) in [6.45, 7) is 0. The molecule has 0 heterocycles. The second-order valence-electron chi connectivity index (χ2n) is 2.39. The summed E-state index contributed by atoms with van der Waals surface area (Å²) < 4.78 is 101. The summed E-state index contributed by atoms with van der Waals surface area (Å²) >= 11 is 8.22. The fourth-order valence-electron chi connectivity index (χ4n) is 0.427. The highest BCUT2D eigenvalue weighted by atomic mass is 35.5. The van der Waals surface area contributed by atoms with Crippen LogP contribution in [0.5, 0.6) is 0 Å². The van der Waals surface area contributed by atoms with E-state index in [0.29, 0.717) is 0 Å². The highest BCUT2D eigenvalue weighted by molar-refractivity contribution is 6.22. The predicted octanol–water partition coefficient (Wildman–Crippen LogP) is 3.82. The van der Waals surface area contributed by atoms with Gasteiger partial charge in [-0.15, -0.1) is 8.78 Å². The summed E-state index contributed by atoms with van der Waals surface area (Å²) in [5.74, 6) is 0. The largest absolute Gasteiger partial charge is 0.493 e. The average Bonchev–Trinajstić information content (AvgIpc) is 1.98. The fourth-order valence-corrected chi connectivity index (χ4v) is 0.606. The number of halogens is 10. The lowest BCUT2D eigenvalue weighted by molar-refractivity contribution is -0.471. The van der Waals surface area contributed by atoms with Gasteiger partial charge in [-0.25, -0.2) is 27.0 Å². The highest BCUT2D eigenvalue weighted by Crippen LogP contribution is 2.39. The first kappa shape index (κ1) is 16.9. The van der Waals surface area contributed by atoms with E-state index < -0.39 is 29.8 Å². The fraction of sp³-hybridized carbons (Fsp3) is 1.00. The van der Waals surface area contributed by atoms with Gasteiger partial charge in [-0.1, -0.05) is 0 Å². The minimum Gasteiger partial charge on any atom is -0.239 e.